The van der Waals surface area contributed by atoms with E-state index in [2.05, 4.69) is 11.4 Å². The highest BCUT2D eigenvalue weighted by Crippen LogP contribution is 2.39. The second-order valence-corrected chi connectivity index (χ2v) is 4.15. The van der Waals surface area contributed by atoms with E-state index in [9.17, 15) is 0 Å². The first kappa shape index (κ1) is 13.7. The van der Waals surface area contributed by atoms with Crippen LogP contribution in [0.4, 0.5) is 5.69 Å². The zero-order valence-corrected chi connectivity index (χ0v) is 11.5. The molecule has 0 aromatic heterocycles. The molecule has 0 radical (unpaired) electrons. The van der Waals surface area contributed by atoms with Crippen molar-refractivity contribution in [3.8, 4) is 11.5 Å². The van der Waals surface area contributed by atoms with E-state index in [-0.39, 0.29) is 0 Å². The van der Waals surface area contributed by atoms with E-state index in [1.807, 2.05) is 36.4 Å². The minimum absolute atomic E-state index is 0.561. The normalized spacial score (nSPS) is 9.65. The topological polar surface area (TPSA) is 22.8 Å². The molecule has 100 valence electrons. The molecule has 0 aliphatic carbocycles. The number of hydrogen-bond donors (Lipinski definition) is 0. The second kappa shape index (κ2) is 5.94. The molecule has 0 unspecified atom stereocenters. The highest BCUT2D eigenvalue weighted by molar-refractivity contribution is 5.89. The molecular formula is C17H15NO2. The summed E-state index contributed by atoms with van der Waals surface area (Å²) in [6, 6.07) is 12.9. The van der Waals surface area contributed by atoms with Gasteiger partial charge in [0.1, 0.15) is 11.5 Å². The van der Waals surface area contributed by atoms with Gasteiger partial charge in [0.05, 0.1) is 26.4 Å². The Hall–Kier alpha value is -2.73. The number of para-hydroxylation sites is 1. The highest BCUT2D eigenvalue weighted by Gasteiger charge is 2.16. The van der Waals surface area contributed by atoms with Gasteiger partial charge >= 0.3 is 0 Å². The van der Waals surface area contributed by atoms with Gasteiger partial charge in [-0.05, 0) is 23.3 Å². The number of methoxy groups -OCH3 is 2. The van der Waals surface area contributed by atoms with E-state index < -0.39 is 0 Å². The Labute approximate surface area is 118 Å². The first-order valence-electron chi connectivity index (χ1n) is 6.10. The predicted octanol–water partition coefficient (Wildman–Crippen LogP) is 4.32. The number of rotatable bonds is 4. The summed E-state index contributed by atoms with van der Waals surface area (Å²) in [7, 11) is 3.21. The molecule has 0 bridgehead atoms. The van der Waals surface area contributed by atoms with Crippen LogP contribution in [0.2, 0.25) is 0 Å². The summed E-state index contributed by atoms with van der Waals surface area (Å²) in [5, 5.41) is 0. The smallest absolute Gasteiger partial charge is 0.194 e. The fourth-order valence-corrected chi connectivity index (χ4v) is 2.11. The van der Waals surface area contributed by atoms with E-state index in [4.69, 9.17) is 16.0 Å². The van der Waals surface area contributed by atoms with Crippen molar-refractivity contribution in [1.82, 2.24) is 0 Å². The summed E-state index contributed by atoms with van der Waals surface area (Å²) in [6.45, 7) is 11.4. The highest BCUT2D eigenvalue weighted by atomic mass is 16.5. The molecule has 0 aliphatic rings. The average Bonchev–Trinajstić information content (AvgIpc) is 2.53. The number of hydrogen-bond acceptors (Lipinski definition) is 2. The molecule has 0 saturated heterocycles. The number of nitrogens with zero attached hydrogens (tertiary/aromatic N) is 1. The van der Waals surface area contributed by atoms with Gasteiger partial charge in [-0.25, -0.2) is 4.85 Å². The van der Waals surface area contributed by atoms with Gasteiger partial charge in [-0.15, -0.1) is 0 Å². The fraction of sp³-hybridized carbons (Fsp3) is 0.118. The van der Waals surface area contributed by atoms with E-state index in [1.54, 1.807) is 20.3 Å². The molecule has 0 atom stereocenters. The lowest BCUT2D eigenvalue weighted by atomic mass is 9.96. The molecule has 0 amide bonds. The van der Waals surface area contributed by atoms with E-state index in [0.717, 1.165) is 11.1 Å². The maximum absolute atomic E-state index is 7.26. The molecule has 2 aromatic rings. The summed E-state index contributed by atoms with van der Waals surface area (Å²) < 4.78 is 10.8. The molecule has 3 heteroatoms. The molecule has 20 heavy (non-hydrogen) atoms. The average molecular weight is 265 g/mol. The number of ether oxygens (including phenoxy) is 2. The summed E-state index contributed by atoms with van der Waals surface area (Å²) in [6.07, 6.45) is 0. The third-order valence-corrected chi connectivity index (χ3v) is 3.08. The maximum atomic E-state index is 7.26. The van der Waals surface area contributed by atoms with Crippen molar-refractivity contribution in [2.24, 2.45) is 0 Å². The van der Waals surface area contributed by atoms with Gasteiger partial charge in [0, 0.05) is 0 Å². The van der Waals surface area contributed by atoms with Crippen LogP contribution in [-0.4, -0.2) is 14.2 Å². The monoisotopic (exact) mass is 265 g/mol. The van der Waals surface area contributed by atoms with Crippen molar-refractivity contribution in [3.63, 3.8) is 0 Å². The van der Waals surface area contributed by atoms with E-state index in [0.29, 0.717) is 22.8 Å². The molecule has 0 fully saturated rings. The molecule has 0 aliphatic heterocycles. The van der Waals surface area contributed by atoms with Gasteiger partial charge in [0.2, 0.25) is 0 Å². The Kier molecular flexibility index (Phi) is 4.07. The standard InChI is InChI=1S/C17H15NO2/c1-12(13-8-5-6-9-14(13)18-2)17-15(19-3)10-7-11-16(17)20-4/h5-11H,1H2,3-4H3. The molecule has 0 spiro atoms. The van der Waals surface area contributed by atoms with Crippen LogP contribution in [0.25, 0.3) is 10.4 Å². The summed E-state index contributed by atoms with van der Waals surface area (Å²) >= 11 is 0. The van der Waals surface area contributed by atoms with Gasteiger partial charge in [0.15, 0.2) is 5.69 Å². The lowest BCUT2D eigenvalue weighted by Crippen LogP contribution is -1.97. The second-order valence-electron chi connectivity index (χ2n) is 4.15. The molecule has 2 aromatic carbocycles. The van der Waals surface area contributed by atoms with Crippen molar-refractivity contribution in [2.45, 2.75) is 0 Å². The van der Waals surface area contributed by atoms with Gasteiger partial charge in [-0.2, -0.15) is 0 Å². The van der Waals surface area contributed by atoms with Gasteiger partial charge in [-0.1, -0.05) is 36.9 Å². The lowest BCUT2D eigenvalue weighted by molar-refractivity contribution is 0.392. The first-order valence-corrected chi connectivity index (χ1v) is 6.10. The molecule has 0 N–H and O–H groups in total. The number of benzene rings is 2. The Morgan fingerprint density at radius 3 is 2.15 bits per heavy atom. The van der Waals surface area contributed by atoms with E-state index >= 15 is 0 Å². The lowest BCUT2D eigenvalue weighted by Gasteiger charge is -2.16. The van der Waals surface area contributed by atoms with Gasteiger partial charge in [-0.3, -0.25) is 0 Å². The summed E-state index contributed by atoms with van der Waals surface area (Å²) in [4.78, 5) is 3.54. The van der Waals surface area contributed by atoms with Crippen LogP contribution in [0.3, 0.4) is 0 Å². The van der Waals surface area contributed by atoms with Crippen LogP contribution in [0, 0.1) is 6.57 Å². The van der Waals surface area contributed by atoms with Crippen LogP contribution < -0.4 is 9.47 Å². The zero-order chi connectivity index (χ0) is 14.5. The first-order chi connectivity index (χ1) is 9.72. The van der Waals surface area contributed by atoms with Gasteiger partial charge in [0.25, 0.3) is 0 Å². The van der Waals surface area contributed by atoms with Crippen LogP contribution in [0.1, 0.15) is 11.1 Å². The Morgan fingerprint density at radius 2 is 1.60 bits per heavy atom. The van der Waals surface area contributed by atoms with Crippen molar-refractivity contribution in [3.05, 3.63) is 71.6 Å². The van der Waals surface area contributed by atoms with Crippen molar-refractivity contribution < 1.29 is 9.47 Å². The molecule has 0 heterocycles. The third kappa shape index (κ3) is 2.36. The summed E-state index contributed by atoms with van der Waals surface area (Å²) in [5.41, 5.74) is 2.83. The Bertz CT molecular complexity index is 661. The van der Waals surface area contributed by atoms with E-state index in [1.165, 1.54) is 0 Å². The molecule has 3 nitrogen and oxygen atoms in total. The van der Waals surface area contributed by atoms with Crippen LogP contribution in [-0.2, 0) is 0 Å². The van der Waals surface area contributed by atoms with Crippen LogP contribution >= 0.6 is 0 Å². The molecule has 2 rings (SSSR count). The van der Waals surface area contributed by atoms with Crippen LogP contribution in [0.15, 0.2) is 49.0 Å². The van der Waals surface area contributed by atoms with Gasteiger partial charge < -0.3 is 9.47 Å². The predicted molar refractivity (Wildman–Crippen MR) is 80.4 cm³/mol. The fourth-order valence-electron chi connectivity index (χ4n) is 2.11. The zero-order valence-electron chi connectivity index (χ0n) is 11.5. The summed E-state index contributed by atoms with van der Waals surface area (Å²) in [5.74, 6) is 1.35. The Balaban J connectivity index is 2.62. The van der Waals surface area contributed by atoms with Crippen molar-refractivity contribution >= 4 is 11.3 Å². The largest absolute Gasteiger partial charge is 0.496 e. The molecular weight excluding hydrogens is 250 g/mol. The minimum atomic E-state index is 0.561. The SMILES string of the molecule is [C-]#[N+]c1ccccc1C(=C)c1c(OC)cccc1OC. The van der Waals surface area contributed by atoms with Crippen LogP contribution in [0.5, 0.6) is 11.5 Å². The van der Waals surface area contributed by atoms with Crippen molar-refractivity contribution in [1.29, 1.82) is 0 Å². The molecule has 0 saturated carbocycles. The third-order valence-electron chi connectivity index (χ3n) is 3.08. The quantitative estimate of drug-likeness (QED) is 0.768. The minimum Gasteiger partial charge on any atom is -0.496 e. The maximum Gasteiger partial charge on any atom is 0.194 e. The Morgan fingerprint density at radius 1 is 1.00 bits per heavy atom. The van der Waals surface area contributed by atoms with Crippen molar-refractivity contribution in [2.75, 3.05) is 14.2 Å².